The van der Waals surface area contributed by atoms with Crippen LogP contribution in [0.3, 0.4) is 0 Å². The molecule has 2 heterocycles. The molecule has 0 radical (unpaired) electrons. The number of fused-ring (bicyclic) bond motifs is 1. The molecule has 2 aromatic heterocycles. The number of amides is 1. The maximum Gasteiger partial charge on any atom is 0.266 e. The summed E-state index contributed by atoms with van der Waals surface area (Å²) in [5, 5.41) is 7.23. The molecule has 0 unspecified atom stereocenters. The first-order valence-corrected chi connectivity index (χ1v) is 8.43. The van der Waals surface area contributed by atoms with Gasteiger partial charge in [-0.25, -0.2) is 4.68 Å². The van der Waals surface area contributed by atoms with Gasteiger partial charge in [0.05, 0.1) is 11.1 Å². The highest BCUT2D eigenvalue weighted by Crippen LogP contribution is 2.29. The summed E-state index contributed by atoms with van der Waals surface area (Å²) >= 11 is 1.65. The van der Waals surface area contributed by atoms with Gasteiger partial charge in [-0.1, -0.05) is 6.42 Å². The summed E-state index contributed by atoms with van der Waals surface area (Å²) in [6.45, 7) is 4.10. The second-order valence-electron chi connectivity index (χ2n) is 5.83. The lowest BCUT2D eigenvalue weighted by molar-refractivity contribution is 0.102. The van der Waals surface area contributed by atoms with Gasteiger partial charge in [-0.15, -0.1) is 11.3 Å². The molecule has 0 spiro atoms. The Morgan fingerprint density at radius 1 is 1.33 bits per heavy atom. The smallest absolute Gasteiger partial charge is 0.266 e. The van der Waals surface area contributed by atoms with Crippen molar-refractivity contribution in [3.63, 3.8) is 0 Å². The molecule has 1 aliphatic carbocycles. The van der Waals surface area contributed by atoms with Crippen LogP contribution in [0.5, 0.6) is 0 Å². The predicted molar refractivity (Wildman–Crippen MR) is 86.1 cm³/mol. The molecule has 21 heavy (non-hydrogen) atoms. The third-order valence-electron chi connectivity index (χ3n) is 3.87. The summed E-state index contributed by atoms with van der Waals surface area (Å²) in [7, 11) is 0. The molecule has 0 fully saturated rings. The Kier molecular flexibility index (Phi) is 4.10. The summed E-state index contributed by atoms with van der Waals surface area (Å²) < 4.78 is 1.83. The lowest BCUT2D eigenvalue weighted by atomic mass is 10.1. The second kappa shape index (κ2) is 6.02. The molecule has 4 nitrogen and oxygen atoms in total. The molecule has 0 aliphatic heterocycles. The van der Waals surface area contributed by atoms with E-state index in [4.69, 9.17) is 0 Å². The fraction of sp³-hybridized carbons (Fsp3) is 0.500. The summed E-state index contributed by atoms with van der Waals surface area (Å²) in [4.78, 5) is 14.7. The Balaban J connectivity index is 1.78. The first-order chi connectivity index (χ1) is 10.1. The fourth-order valence-corrected chi connectivity index (χ4v) is 3.93. The van der Waals surface area contributed by atoms with E-state index in [1.54, 1.807) is 17.5 Å². The van der Waals surface area contributed by atoms with Crippen LogP contribution in [-0.2, 0) is 12.8 Å². The molecule has 0 atom stereocenters. The highest BCUT2D eigenvalue weighted by Gasteiger charge is 2.17. The normalized spacial score (nSPS) is 14.8. The minimum absolute atomic E-state index is 0.0181. The SMILES string of the molecule is CC(C)n1nccc1NC(=O)c1cc2c(s1)CCCCC2. The number of hydrogen-bond acceptors (Lipinski definition) is 3. The van der Waals surface area contributed by atoms with Gasteiger partial charge in [0.2, 0.25) is 0 Å². The zero-order valence-electron chi connectivity index (χ0n) is 12.6. The lowest BCUT2D eigenvalue weighted by Crippen LogP contribution is -2.15. The molecular formula is C16H21N3OS. The molecule has 2 aromatic rings. The van der Waals surface area contributed by atoms with E-state index in [2.05, 4.69) is 30.3 Å². The molecule has 0 saturated heterocycles. The number of anilines is 1. The molecule has 0 aromatic carbocycles. The Morgan fingerprint density at radius 3 is 2.95 bits per heavy atom. The first-order valence-electron chi connectivity index (χ1n) is 7.61. The number of nitrogens with one attached hydrogen (secondary N) is 1. The van der Waals surface area contributed by atoms with Crippen LogP contribution in [0.25, 0.3) is 0 Å². The van der Waals surface area contributed by atoms with Gasteiger partial charge in [0.25, 0.3) is 5.91 Å². The summed E-state index contributed by atoms with van der Waals surface area (Å²) in [5.74, 6) is 0.745. The van der Waals surface area contributed by atoms with Gasteiger partial charge in [0.15, 0.2) is 0 Å². The van der Waals surface area contributed by atoms with E-state index < -0.39 is 0 Å². The number of aromatic nitrogens is 2. The number of hydrogen-bond donors (Lipinski definition) is 1. The molecule has 112 valence electrons. The van der Waals surface area contributed by atoms with E-state index in [-0.39, 0.29) is 11.9 Å². The third kappa shape index (κ3) is 3.02. The van der Waals surface area contributed by atoms with Gasteiger partial charge in [-0.2, -0.15) is 5.10 Å². The standard InChI is InChI=1S/C16H21N3OS/c1-11(2)19-15(8-9-17-19)18-16(20)14-10-12-6-4-3-5-7-13(12)21-14/h8-11H,3-7H2,1-2H3,(H,18,20). The van der Waals surface area contributed by atoms with Crippen molar-refractivity contribution in [2.45, 2.75) is 52.0 Å². The Morgan fingerprint density at radius 2 is 2.14 bits per heavy atom. The average Bonchev–Trinajstić information content (AvgIpc) is 3.01. The lowest BCUT2D eigenvalue weighted by Gasteiger charge is -2.11. The largest absolute Gasteiger partial charge is 0.306 e. The monoisotopic (exact) mass is 303 g/mol. The van der Waals surface area contributed by atoms with Crippen LogP contribution in [0, 0.1) is 0 Å². The van der Waals surface area contributed by atoms with E-state index >= 15 is 0 Å². The molecule has 1 amide bonds. The summed E-state index contributed by atoms with van der Waals surface area (Å²) in [5.41, 5.74) is 1.38. The topological polar surface area (TPSA) is 46.9 Å². The number of carbonyl (C=O) groups is 1. The molecule has 0 saturated carbocycles. The third-order valence-corrected chi connectivity index (χ3v) is 5.11. The van der Waals surface area contributed by atoms with Crippen LogP contribution in [0.15, 0.2) is 18.3 Å². The van der Waals surface area contributed by atoms with E-state index in [0.717, 1.165) is 23.5 Å². The quantitative estimate of drug-likeness (QED) is 0.870. The van der Waals surface area contributed by atoms with Crippen LogP contribution in [0.4, 0.5) is 5.82 Å². The number of thiophene rings is 1. The predicted octanol–water partition coefficient (Wildman–Crippen LogP) is 4.05. The molecule has 3 rings (SSSR count). The van der Waals surface area contributed by atoms with Crippen molar-refractivity contribution in [3.8, 4) is 0 Å². The first kappa shape index (κ1) is 14.3. The van der Waals surface area contributed by atoms with Crippen molar-refractivity contribution in [1.82, 2.24) is 9.78 Å². The van der Waals surface area contributed by atoms with Gasteiger partial charge < -0.3 is 5.32 Å². The summed E-state index contributed by atoms with van der Waals surface area (Å²) in [6, 6.07) is 4.16. The van der Waals surface area contributed by atoms with Crippen molar-refractivity contribution in [2.24, 2.45) is 0 Å². The molecule has 0 bridgehead atoms. The number of aryl methyl sites for hydroxylation is 2. The number of carbonyl (C=O) groups excluding carboxylic acids is 1. The van der Waals surface area contributed by atoms with Crippen LogP contribution in [0.1, 0.15) is 59.3 Å². The van der Waals surface area contributed by atoms with Crippen molar-refractivity contribution >= 4 is 23.1 Å². The number of rotatable bonds is 3. The maximum atomic E-state index is 12.4. The van der Waals surface area contributed by atoms with Crippen molar-refractivity contribution in [3.05, 3.63) is 33.6 Å². The van der Waals surface area contributed by atoms with E-state index in [9.17, 15) is 4.79 Å². The maximum absolute atomic E-state index is 12.4. The molecule has 5 heteroatoms. The molecular weight excluding hydrogens is 282 g/mol. The average molecular weight is 303 g/mol. The van der Waals surface area contributed by atoms with Crippen LogP contribution < -0.4 is 5.32 Å². The van der Waals surface area contributed by atoms with Crippen molar-refractivity contribution in [1.29, 1.82) is 0 Å². The van der Waals surface area contributed by atoms with Gasteiger partial charge in [-0.05, 0) is 51.2 Å². The van der Waals surface area contributed by atoms with Crippen molar-refractivity contribution < 1.29 is 4.79 Å². The van der Waals surface area contributed by atoms with E-state index in [1.807, 2.05) is 10.7 Å². The van der Waals surface area contributed by atoms with Crippen molar-refractivity contribution in [2.75, 3.05) is 5.32 Å². The highest BCUT2D eigenvalue weighted by molar-refractivity contribution is 7.14. The Labute approximate surface area is 129 Å². The zero-order valence-corrected chi connectivity index (χ0v) is 13.4. The minimum Gasteiger partial charge on any atom is -0.306 e. The van der Waals surface area contributed by atoms with Gasteiger partial charge in [0, 0.05) is 17.0 Å². The van der Waals surface area contributed by atoms with Crippen LogP contribution >= 0.6 is 11.3 Å². The van der Waals surface area contributed by atoms with Gasteiger partial charge in [0.1, 0.15) is 5.82 Å². The Bertz CT molecular complexity index is 618. The summed E-state index contributed by atoms with van der Waals surface area (Å²) in [6.07, 6.45) is 7.75. The highest BCUT2D eigenvalue weighted by atomic mass is 32.1. The van der Waals surface area contributed by atoms with Gasteiger partial charge in [-0.3, -0.25) is 4.79 Å². The number of nitrogens with zero attached hydrogens (tertiary/aromatic N) is 2. The van der Waals surface area contributed by atoms with E-state index in [1.165, 1.54) is 29.7 Å². The van der Waals surface area contributed by atoms with Crippen LogP contribution in [-0.4, -0.2) is 15.7 Å². The fourth-order valence-electron chi connectivity index (χ4n) is 2.78. The second-order valence-corrected chi connectivity index (χ2v) is 6.97. The minimum atomic E-state index is -0.0181. The van der Waals surface area contributed by atoms with Crippen LogP contribution in [0.2, 0.25) is 0 Å². The Hall–Kier alpha value is -1.62. The molecule has 1 aliphatic rings. The zero-order chi connectivity index (χ0) is 14.8. The molecule has 1 N–H and O–H groups in total. The van der Waals surface area contributed by atoms with E-state index in [0.29, 0.717) is 0 Å². The van der Waals surface area contributed by atoms with Gasteiger partial charge >= 0.3 is 0 Å².